The molecule has 1 unspecified atom stereocenters. The highest BCUT2D eigenvalue weighted by molar-refractivity contribution is 6.27. The number of hydrazone groups is 1. The summed E-state index contributed by atoms with van der Waals surface area (Å²) in [6.07, 6.45) is 3.04. The number of phenolic OH excluding ortho intramolecular Hbond substituents is 2. The topological polar surface area (TPSA) is 128 Å². The second kappa shape index (κ2) is 8.19. The number of fused-ring (bicyclic) bond motifs is 1. The molecule has 3 heterocycles. The third kappa shape index (κ3) is 4.29. The number of aromatic nitrogens is 2. The Balaban J connectivity index is 1.42. The first kappa shape index (κ1) is 20.4. The van der Waals surface area contributed by atoms with Crippen molar-refractivity contribution in [3.8, 4) is 22.9 Å². The number of ketones is 1. The van der Waals surface area contributed by atoms with Crippen molar-refractivity contribution in [2.75, 3.05) is 6.54 Å². The number of rotatable bonds is 5. The van der Waals surface area contributed by atoms with E-state index in [-0.39, 0.29) is 29.4 Å². The lowest BCUT2D eigenvalue weighted by molar-refractivity contribution is -0.122. The highest BCUT2D eigenvalue weighted by Gasteiger charge is 2.45. The average Bonchev–Trinajstić information content (AvgIpc) is 3.61. The maximum absolute atomic E-state index is 12.9. The van der Waals surface area contributed by atoms with Crippen LogP contribution in [0.1, 0.15) is 11.3 Å². The summed E-state index contributed by atoms with van der Waals surface area (Å²) in [4.78, 5) is 34.6. The third-order valence-electron chi connectivity index (χ3n) is 5.35. The smallest absolute Gasteiger partial charge is 0.255 e. The van der Waals surface area contributed by atoms with Gasteiger partial charge in [-0.1, -0.05) is 12.1 Å². The lowest BCUT2D eigenvalue weighted by Crippen LogP contribution is -2.30. The minimum Gasteiger partial charge on any atom is -0.508 e. The van der Waals surface area contributed by atoms with Crippen molar-refractivity contribution in [3.63, 3.8) is 0 Å². The molecule has 5 rings (SSSR count). The van der Waals surface area contributed by atoms with Crippen LogP contribution in [0.3, 0.4) is 0 Å². The molecule has 9 nitrogen and oxygen atoms in total. The largest absolute Gasteiger partial charge is 0.508 e. The Labute approximate surface area is 188 Å². The molecule has 1 amide bonds. The number of Topliss-reactive ketones (excluding diaryl/α,β-unsaturated/α-hetero) is 1. The molecule has 9 heteroatoms. The van der Waals surface area contributed by atoms with Crippen LogP contribution in [0.5, 0.6) is 11.5 Å². The van der Waals surface area contributed by atoms with Crippen LogP contribution in [-0.2, 0) is 16.1 Å². The molecule has 0 spiro atoms. The molecule has 1 saturated heterocycles. The van der Waals surface area contributed by atoms with E-state index in [1.807, 2.05) is 0 Å². The van der Waals surface area contributed by atoms with Gasteiger partial charge in [0.2, 0.25) is 0 Å². The Morgan fingerprint density at radius 1 is 1.03 bits per heavy atom. The van der Waals surface area contributed by atoms with Crippen molar-refractivity contribution in [2.24, 2.45) is 5.10 Å². The zero-order chi connectivity index (χ0) is 22.9. The molecule has 2 aromatic carbocycles. The van der Waals surface area contributed by atoms with Gasteiger partial charge in [-0.15, -0.1) is 0 Å². The zero-order valence-corrected chi connectivity index (χ0v) is 17.3. The highest BCUT2D eigenvalue weighted by Crippen LogP contribution is 2.27. The molecule has 164 valence electrons. The lowest BCUT2D eigenvalue weighted by Gasteiger charge is -2.08. The van der Waals surface area contributed by atoms with Crippen LogP contribution in [0, 0.1) is 0 Å². The molecular weight excluding hydrogens is 422 g/mol. The van der Waals surface area contributed by atoms with Crippen molar-refractivity contribution in [1.29, 1.82) is 0 Å². The van der Waals surface area contributed by atoms with Gasteiger partial charge in [0.15, 0.2) is 11.6 Å². The Morgan fingerprint density at radius 2 is 1.73 bits per heavy atom. The number of hydrogen-bond acceptors (Lipinski definition) is 8. The molecule has 0 saturated carbocycles. The lowest BCUT2D eigenvalue weighted by atomic mass is 10.0. The maximum atomic E-state index is 12.9. The van der Waals surface area contributed by atoms with Crippen molar-refractivity contribution >= 4 is 17.4 Å². The minimum atomic E-state index is -0.498. The van der Waals surface area contributed by atoms with Gasteiger partial charge in [-0.05, 0) is 54.1 Å². The molecule has 1 atom stereocenters. The summed E-state index contributed by atoms with van der Waals surface area (Å²) >= 11 is 0. The van der Waals surface area contributed by atoms with Gasteiger partial charge in [-0.3, -0.25) is 14.6 Å². The summed E-state index contributed by atoms with van der Waals surface area (Å²) in [6.45, 7) is 0.657. The molecule has 3 aromatic rings. The fraction of sp³-hybridized carbons (Fsp3) is 0.125. The predicted molar refractivity (Wildman–Crippen MR) is 119 cm³/mol. The Kier molecular flexibility index (Phi) is 5.06. The number of aromatic hydroxyl groups is 2. The molecule has 33 heavy (non-hydrogen) atoms. The number of amides is 1. The van der Waals surface area contributed by atoms with Gasteiger partial charge in [-0.25, -0.2) is 9.97 Å². The Bertz CT molecular complexity index is 1300. The van der Waals surface area contributed by atoms with Crippen LogP contribution < -0.4 is 5.32 Å². The summed E-state index contributed by atoms with van der Waals surface area (Å²) in [5.41, 5.74) is 2.37. The summed E-state index contributed by atoms with van der Waals surface area (Å²) in [5.74, 6) is -0.0788. The van der Waals surface area contributed by atoms with Crippen LogP contribution >= 0.6 is 0 Å². The quantitative estimate of drug-likeness (QED) is 0.407. The van der Waals surface area contributed by atoms with Gasteiger partial charge in [-0.2, -0.15) is 5.10 Å². The van der Waals surface area contributed by atoms with E-state index in [1.54, 1.807) is 53.7 Å². The van der Waals surface area contributed by atoms with Crippen LogP contribution in [0.2, 0.25) is 0 Å². The first-order valence-corrected chi connectivity index (χ1v) is 10.3. The van der Waals surface area contributed by atoms with Gasteiger partial charge in [0.1, 0.15) is 23.3 Å². The van der Waals surface area contributed by atoms with Crippen LogP contribution in [0.25, 0.3) is 11.4 Å². The monoisotopic (exact) mass is 441 g/mol. The van der Waals surface area contributed by atoms with Gasteiger partial charge in [0, 0.05) is 18.3 Å². The number of nitrogens with zero attached hydrogens (tertiary/aromatic N) is 4. The van der Waals surface area contributed by atoms with Gasteiger partial charge in [0.05, 0.1) is 17.8 Å². The van der Waals surface area contributed by atoms with E-state index in [9.17, 15) is 19.8 Å². The zero-order valence-electron chi connectivity index (χ0n) is 17.3. The van der Waals surface area contributed by atoms with Crippen LogP contribution in [0.4, 0.5) is 0 Å². The van der Waals surface area contributed by atoms with Crippen LogP contribution in [-0.4, -0.2) is 55.2 Å². The van der Waals surface area contributed by atoms with E-state index < -0.39 is 11.9 Å². The van der Waals surface area contributed by atoms with Gasteiger partial charge in [0.25, 0.3) is 5.91 Å². The SMILES string of the molecule is O=C(NCc1ccc(O)cc1)C1=CC(c2ccnc(-c3ccc(O)cc3)n2)=NN2CC2C1=O. The fourth-order valence-electron chi connectivity index (χ4n) is 3.46. The van der Waals surface area contributed by atoms with Crippen LogP contribution in [0.15, 0.2) is 77.5 Å². The molecule has 1 fully saturated rings. The molecule has 0 aliphatic carbocycles. The molecular formula is C24H19N5O4. The molecule has 0 bridgehead atoms. The number of carbonyl (C=O) groups excluding carboxylic acids is 2. The Hall–Kier alpha value is -4.53. The minimum absolute atomic E-state index is 0.0160. The molecule has 3 N–H and O–H groups in total. The number of hydrogen-bond donors (Lipinski definition) is 3. The molecule has 2 aliphatic heterocycles. The second-order valence-electron chi connectivity index (χ2n) is 7.71. The number of carbonyl (C=O) groups is 2. The maximum Gasteiger partial charge on any atom is 0.255 e. The Morgan fingerprint density at radius 3 is 2.45 bits per heavy atom. The highest BCUT2D eigenvalue weighted by atomic mass is 16.3. The van der Waals surface area contributed by atoms with Crippen molar-refractivity contribution in [1.82, 2.24) is 20.3 Å². The average molecular weight is 441 g/mol. The van der Waals surface area contributed by atoms with Crippen molar-refractivity contribution < 1.29 is 19.8 Å². The number of allylic oxidation sites excluding steroid dienone is 1. The number of benzene rings is 2. The first-order chi connectivity index (χ1) is 16.0. The normalized spacial score (nSPS) is 16.9. The number of nitrogens with one attached hydrogen (secondary N) is 1. The standard InChI is InChI=1S/C24H19N5O4/c30-16-5-1-14(2-6-16)12-26-24(33)18-11-20(28-29-13-21(29)22(18)32)19-9-10-25-23(27-19)15-3-7-17(31)8-4-15/h1-11,21,30-31H,12-13H2,(H,26,33). The van der Waals surface area contributed by atoms with E-state index in [2.05, 4.69) is 20.4 Å². The number of phenols is 2. The summed E-state index contributed by atoms with van der Waals surface area (Å²) in [7, 11) is 0. The summed E-state index contributed by atoms with van der Waals surface area (Å²) in [6, 6.07) is 14.2. The molecule has 2 aliphatic rings. The van der Waals surface area contributed by atoms with E-state index >= 15 is 0 Å². The van der Waals surface area contributed by atoms with E-state index in [0.29, 0.717) is 29.3 Å². The predicted octanol–water partition coefficient (Wildman–Crippen LogP) is 1.77. The molecule has 0 radical (unpaired) electrons. The summed E-state index contributed by atoms with van der Waals surface area (Å²) < 4.78 is 0. The summed E-state index contributed by atoms with van der Waals surface area (Å²) in [5, 5.41) is 27.8. The third-order valence-corrected chi connectivity index (χ3v) is 5.35. The first-order valence-electron chi connectivity index (χ1n) is 10.3. The van der Waals surface area contributed by atoms with E-state index in [1.165, 1.54) is 18.2 Å². The van der Waals surface area contributed by atoms with E-state index in [4.69, 9.17) is 0 Å². The van der Waals surface area contributed by atoms with Crippen molar-refractivity contribution in [3.05, 3.63) is 83.7 Å². The fourth-order valence-corrected chi connectivity index (χ4v) is 3.46. The second-order valence-corrected chi connectivity index (χ2v) is 7.71. The van der Waals surface area contributed by atoms with Crippen molar-refractivity contribution in [2.45, 2.75) is 12.6 Å². The van der Waals surface area contributed by atoms with Gasteiger partial charge < -0.3 is 15.5 Å². The molecule has 1 aromatic heterocycles. The van der Waals surface area contributed by atoms with Gasteiger partial charge >= 0.3 is 0 Å². The van der Waals surface area contributed by atoms with E-state index in [0.717, 1.165) is 5.56 Å².